The molecule has 3 N–H and O–H groups in total. The van der Waals surface area contributed by atoms with Crippen molar-refractivity contribution >= 4 is 11.9 Å². The topological polar surface area (TPSA) is 95.9 Å². The first-order valence-electron chi connectivity index (χ1n) is 34.8. The van der Waals surface area contributed by atoms with Crippen molar-refractivity contribution in [2.45, 2.75) is 418 Å². The summed E-state index contributed by atoms with van der Waals surface area (Å²) in [4.78, 5) is 24.6. The molecule has 6 heteroatoms. The van der Waals surface area contributed by atoms with Crippen molar-refractivity contribution in [3.63, 3.8) is 0 Å². The Labute approximate surface area is 470 Å². The van der Waals surface area contributed by atoms with Crippen molar-refractivity contribution in [2.75, 3.05) is 13.2 Å². The highest BCUT2D eigenvalue weighted by Crippen LogP contribution is 2.19. The average Bonchev–Trinajstić information content (AvgIpc) is 3.41. The van der Waals surface area contributed by atoms with Crippen LogP contribution in [0.1, 0.15) is 406 Å². The number of amides is 1. The van der Waals surface area contributed by atoms with Gasteiger partial charge in [0.1, 0.15) is 0 Å². The number of aliphatic hydroxyl groups excluding tert-OH is 2. The fourth-order valence-corrected chi connectivity index (χ4v) is 11.4. The molecule has 2 atom stereocenters. The molecular formula is C69H137NO5. The highest BCUT2D eigenvalue weighted by atomic mass is 16.5. The van der Waals surface area contributed by atoms with Gasteiger partial charge in [0.15, 0.2) is 0 Å². The molecule has 0 aliphatic heterocycles. The lowest BCUT2D eigenvalue weighted by atomic mass is 10.0. The van der Waals surface area contributed by atoms with Crippen LogP contribution in [0.3, 0.4) is 0 Å². The van der Waals surface area contributed by atoms with Crippen LogP contribution in [0.2, 0.25) is 0 Å². The Morgan fingerprint density at radius 2 is 0.547 bits per heavy atom. The summed E-state index contributed by atoms with van der Waals surface area (Å²) in [6, 6.07) is -0.539. The molecule has 0 aromatic heterocycles. The summed E-state index contributed by atoms with van der Waals surface area (Å²) in [5, 5.41) is 23.3. The number of ether oxygens (including phenoxy) is 1. The Morgan fingerprint density at radius 1 is 0.320 bits per heavy atom. The van der Waals surface area contributed by atoms with Gasteiger partial charge in [-0.25, -0.2) is 0 Å². The molecule has 0 aliphatic rings. The number of carbonyl (C=O) groups is 2. The third kappa shape index (κ3) is 61.9. The first kappa shape index (κ1) is 73.9. The van der Waals surface area contributed by atoms with Gasteiger partial charge in [0.05, 0.1) is 25.4 Å². The molecule has 448 valence electrons. The lowest BCUT2D eigenvalue weighted by molar-refractivity contribution is -0.143. The molecule has 0 aliphatic carbocycles. The number of aliphatic hydroxyl groups is 2. The molecule has 0 saturated carbocycles. The number of nitrogens with one attached hydrogen (secondary N) is 1. The summed E-state index contributed by atoms with van der Waals surface area (Å²) in [7, 11) is 0. The minimum atomic E-state index is -0.662. The molecule has 1 amide bonds. The number of hydrogen-bond donors (Lipinski definition) is 3. The maximum Gasteiger partial charge on any atom is 0.305 e. The Balaban J connectivity index is 3.32. The third-order valence-corrected chi connectivity index (χ3v) is 16.7. The zero-order valence-corrected chi connectivity index (χ0v) is 51.3. The van der Waals surface area contributed by atoms with Gasteiger partial charge in [-0.3, -0.25) is 9.59 Å². The fourth-order valence-electron chi connectivity index (χ4n) is 11.4. The number of carbonyl (C=O) groups excluding carboxylic acids is 2. The summed E-state index contributed by atoms with van der Waals surface area (Å²) in [5.41, 5.74) is 0. The van der Waals surface area contributed by atoms with Crippen LogP contribution in [-0.4, -0.2) is 47.4 Å². The Kier molecular flexibility index (Phi) is 64.4. The standard InChI is InChI=1S/C69H137NO5/c1-3-5-7-9-11-13-15-17-19-20-27-31-35-39-43-47-51-55-59-63-69(74)75-64-60-56-52-48-44-40-36-32-29-26-24-22-21-23-25-28-30-34-38-42-46-50-54-58-62-68(73)70-66(65-71)67(72)61-57-53-49-45-41-37-33-18-16-14-12-10-8-6-4-2/h66-67,71-72H,3-65H2,1-2H3,(H,70,73). The van der Waals surface area contributed by atoms with Gasteiger partial charge in [0.2, 0.25) is 5.91 Å². The maximum absolute atomic E-state index is 12.5. The van der Waals surface area contributed by atoms with Gasteiger partial charge in [0, 0.05) is 12.8 Å². The summed E-state index contributed by atoms with van der Waals surface area (Å²) >= 11 is 0. The molecule has 0 rings (SSSR count). The minimum Gasteiger partial charge on any atom is -0.466 e. The second kappa shape index (κ2) is 65.4. The van der Waals surface area contributed by atoms with Crippen molar-refractivity contribution in [3.8, 4) is 0 Å². The van der Waals surface area contributed by atoms with Gasteiger partial charge in [-0.05, 0) is 25.7 Å². The largest absolute Gasteiger partial charge is 0.466 e. The van der Waals surface area contributed by atoms with Gasteiger partial charge in [-0.1, -0.05) is 367 Å². The molecule has 6 nitrogen and oxygen atoms in total. The van der Waals surface area contributed by atoms with Crippen LogP contribution in [0, 0.1) is 0 Å². The van der Waals surface area contributed by atoms with Crippen molar-refractivity contribution in [1.29, 1.82) is 0 Å². The van der Waals surface area contributed by atoms with Crippen LogP contribution in [0.25, 0.3) is 0 Å². The SMILES string of the molecule is CCCCCCCCCCCCCCCCCCCCCC(=O)OCCCCCCCCCCCCCCCCCCCCCCCCCCC(=O)NC(CO)C(O)CCCCCCCCCCCCCCCCC. The molecule has 0 fully saturated rings. The molecule has 0 radical (unpaired) electrons. The quantitative estimate of drug-likeness (QED) is 0.0417. The lowest BCUT2D eigenvalue weighted by Gasteiger charge is -2.22. The Hall–Kier alpha value is -1.14. The van der Waals surface area contributed by atoms with Crippen molar-refractivity contribution in [3.05, 3.63) is 0 Å². The average molecular weight is 1060 g/mol. The van der Waals surface area contributed by atoms with Crippen LogP contribution in [-0.2, 0) is 14.3 Å². The number of hydrogen-bond acceptors (Lipinski definition) is 5. The molecule has 75 heavy (non-hydrogen) atoms. The third-order valence-electron chi connectivity index (χ3n) is 16.7. The van der Waals surface area contributed by atoms with Gasteiger partial charge in [-0.2, -0.15) is 0 Å². The van der Waals surface area contributed by atoms with E-state index in [1.54, 1.807) is 0 Å². The molecule has 2 unspecified atom stereocenters. The van der Waals surface area contributed by atoms with Gasteiger partial charge in [-0.15, -0.1) is 0 Å². The van der Waals surface area contributed by atoms with E-state index in [4.69, 9.17) is 4.74 Å². The van der Waals surface area contributed by atoms with Gasteiger partial charge < -0.3 is 20.3 Å². The summed E-state index contributed by atoms with van der Waals surface area (Å²) < 4.78 is 5.51. The maximum atomic E-state index is 12.5. The van der Waals surface area contributed by atoms with Crippen molar-refractivity contribution < 1.29 is 24.5 Å². The van der Waals surface area contributed by atoms with E-state index in [0.717, 1.165) is 38.5 Å². The smallest absolute Gasteiger partial charge is 0.305 e. The number of esters is 1. The van der Waals surface area contributed by atoms with E-state index in [0.29, 0.717) is 25.9 Å². The molecule has 0 saturated heterocycles. The minimum absolute atomic E-state index is 0.0216. The predicted octanol–water partition coefficient (Wildman–Crippen LogP) is 22.2. The second-order valence-electron chi connectivity index (χ2n) is 24.2. The highest BCUT2D eigenvalue weighted by molar-refractivity contribution is 5.76. The molecule has 0 aromatic carbocycles. The van der Waals surface area contributed by atoms with E-state index >= 15 is 0 Å². The zero-order valence-electron chi connectivity index (χ0n) is 51.3. The number of rotatable bonds is 66. The molecule has 0 bridgehead atoms. The van der Waals surface area contributed by atoms with Crippen LogP contribution in [0.4, 0.5) is 0 Å². The van der Waals surface area contributed by atoms with E-state index in [1.165, 1.54) is 334 Å². The normalized spacial score (nSPS) is 12.4. The van der Waals surface area contributed by atoms with Gasteiger partial charge in [0.25, 0.3) is 0 Å². The summed E-state index contributed by atoms with van der Waals surface area (Å²) in [5.74, 6) is -0.00846. The van der Waals surface area contributed by atoms with Crippen LogP contribution in [0.5, 0.6) is 0 Å². The van der Waals surface area contributed by atoms with Crippen LogP contribution in [0.15, 0.2) is 0 Å². The van der Waals surface area contributed by atoms with Crippen LogP contribution < -0.4 is 5.32 Å². The lowest BCUT2D eigenvalue weighted by Crippen LogP contribution is -2.45. The first-order valence-corrected chi connectivity index (χ1v) is 34.8. The fraction of sp³-hybridized carbons (Fsp3) is 0.971. The Bertz CT molecular complexity index is 1080. The summed E-state index contributed by atoms with van der Waals surface area (Å²) in [6.45, 7) is 5.00. The zero-order chi connectivity index (χ0) is 54.3. The van der Waals surface area contributed by atoms with E-state index in [9.17, 15) is 19.8 Å². The van der Waals surface area contributed by atoms with Crippen LogP contribution >= 0.6 is 0 Å². The number of unbranched alkanes of at least 4 members (excludes halogenated alkanes) is 55. The van der Waals surface area contributed by atoms with Crippen molar-refractivity contribution in [2.24, 2.45) is 0 Å². The highest BCUT2D eigenvalue weighted by Gasteiger charge is 2.20. The van der Waals surface area contributed by atoms with E-state index < -0.39 is 12.1 Å². The molecular weight excluding hydrogens is 923 g/mol. The van der Waals surface area contributed by atoms with E-state index in [-0.39, 0.29) is 18.5 Å². The monoisotopic (exact) mass is 1060 g/mol. The molecule has 0 spiro atoms. The molecule has 0 aromatic rings. The predicted molar refractivity (Wildman–Crippen MR) is 329 cm³/mol. The summed E-state index contributed by atoms with van der Waals surface area (Å²) in [6.07, 6.45) is 78.6. The van der Waals surface area contributed by atoms with E-state index in [1.807, 2.05) is 0 Å². The van der Waals surface area contributed by atoms with Crippen molar-refractivity contribution in [1.82, 2.24) is 5.32 Å². The second-order valence-corrected chi connectivity index (χ2v) is 24.2. The first-order chi connectivity index (χ1) is 37.0. The van der Waals surface area contributed by atoms with Gasteiger partial charge >= 0.3 is 5.97 Å². The molecule has 0 heterocycles. The van der Waals surface area contributed by atoms with E-state index in [2.05, 4.69) is 19.2 Å². The Morgan fingerprint density at radius 3 is 0.813 bits per heavy atom.